The standard InChI is InChI=1S/C21H15F3O2/c22-21(23,24)19-8-6-16(7-9-19)18-11-14(12-20(25)26)10-17(13-18)15-4-2-1-3-5-15/h1-11,13H,12H2,(H,25,26). The molecule has 0 aromatic heterocycles. The summed E-state index contributed by atoms with van der Waals surface area (Å²) < 4.78 is 38.2. The lowest BCUT2D eigenvalue weighted by molar-refractivity contribution is -0.138. The van der Waals surface area contributed by atoms with E-state index in [4.69, 9.17) is 5.11 Å². The summed E-state index contributed by atoms with van der Waals surface area (Å²) in [5.41, 5.74) is 2.88. The molecule has 0 aliphatic rings. The first-order valence-corrected chi connectivity index (χ1v) is 7.92. The molecule has 0 fully saturated rings. The molecule has 132 valence electrons. The van der Waals surface area contributed by atoms with Crippen LogP contribution in [-0.4, -0.2) is 11.1 Å². The first-order valence-electron chi connectivity index (χ1n) is 7.92. The molecule has 2 nitrogen and oxygen atoms in total. The molecule has 0 atom stereocenters. The molecular formula is C21H15F3O2. The van der Waals surface area contributed by atoms with Gasteiger partial charge in [-0.25, -0.2) is 0 Å². The lowest BCUT2D eigenvalue weighted by Gasteiger charge is -2.11. The maximum absolute atomic E-state index is 12.7. The van der Waals surface area contributed by atoms with Crippen molar-refractivity contribution in [2.24, 2.45) is 0 Å². The van der Waals surface area contributed by atoms with Crippen molar-refractivity contribution in [3.8, 4) is 22.3 Å². The summed E-state index contributed by atoms with van der Waals surface area (Å²) in [6.07, 6.45) is -4.55. The summed E-state index contributed by atoms with van der Waals surface area (Å²) in [4.78, 5) is 11.1. The fourth-order valence-electron chi connectivity index (χ4n) is 2.78. The number of alkyl halides is 3. The van der Waals surface area contributed by atoms with Gasteiger partial charge in [-0.3, -0.25) is 4.79 Å². The van der Waals surface area contributed by atoms with Crippen molar-refractivity contribution in [1.82, 2.24) is 0 Å². The molecule has 0 aliphatic heterocycles. The first kappa shape index (κ1) is 17.7. The summed E-state index contributed by atoms with van der Waals surface area (Å²) in [6.45, 7) is 0. The van der Waals surface area contributed by atoms with Crippen molar-refractivity contribution in [2.75, 3.05) is 0 Å². The minimum Gasteiger partial charge on any atom is -0.481 e. The Bertz CT molecular complexity index is 914. The van der Waals surface area contributed by atoms with Gasteiger partial charge in [-0.1, -0.05) is 54.6 Å². The van der Waals surface area contributed by atoms with Crippen LogP contribution in [0.3, 0.4) is 0 Å². The molecule has 26 heavy (non-hydrogen) atoms. The van der Waals surface area contributed by atoms with E-state index in [1.807, 2.05) is 36.4 Å². The maximum atomic E-state index is 12.7. The molecule has 0 saturated heterocycles. The number of rotatable bonds is 4. The van der Waals surface area contributed by atoms with Crippen molar-refractivity contribution in [3.05, 3.63) is 83.9 Å². The average molecular weight is 356 g/mol. The number of hydrogen-bond donors (Lipinski definition) is 1. The number of benzene rings is 3. The topological polar surface area (TPSA) is 37.3 Å². The average Bonchev–Trinajstić information content (AvgIpc) is 2.61. The molecule has 0 aliphatic carbocycles. The molecule has 3 aromatic carbocycles. The van der Waals surface area contributed by atoms with Crippen molar-refractivity contribution in [1.29, 1.82) is 0 Å². The monoisotopic (exact) mass is 356 g/mol. The van der Waals surface area contributed by atoms with Gasteiger partial charge in [0.15, 0.2) is 0 Å². The number of aliphatic carboxylic acids is 1. The Hall–Kier alpha value is -3.08. The predicted molar refractivity (Wildman–Crippen MR) is 93.7 cm³/mol. The van der Waals surface area contributed by atoms with Crippen LogP contribution in [0.15, 0.2) is 72.8 Å². The quantitative estimate of drug-likeness (QED) is 0.654. The highest BCUT2D eigenvalue weighted by atomic mass is 19.4. The summed E-state index contributed by atoms with van der Waals surface area (Å²) in [5.74, 6) is -0.964. The van der Waals surface area contributed by atoms with Crippen molar-refractivity contribution >= 4 is 5.97 Å². The highest BCUT2D eigenvalue weighted by molar-refractivity contribution is 5.77. The van der Waals surface area contributed by atoms with Crippen LogP contribution in [0.25, 0.3) is 22.3 Å². The number of halogens is 3. The van der Waals surface area contributed by atoms with Crippen LogP contribution in [0.2, 0.25) is 0 Å². The number of carbonyl (C=O) groups is 1. The lowest BCUT2D eigenvalue weighted by Crippen LogP contribution is -2.04. The number of hydrogen-bond acceptors (Lipinski definition) is 1. The minimum absolute atomic E-state index is 0.158. The fraction of sp³-hybridized carbons (Fsp3) is 0.0952. The molecule has 0 amide bonds. The second-order valence-electron chi connectivity index (χ2n) is 5.93. The molecule has 1 N–H and O–H groups in total. The zero-order valence-corrected chi connectivity index (χ0v) is 13.6. The zero-order chi connectivity index (χ0) is 18.7. The Balaban J connectivity index is 2.07. The van der Waals surface area contributed by atoms with Gasteiger partial charge in [0.2, 0.25) is 0 Å². The Kier molecular flexibility index (Phi) is 4.80. The van der Waals surface area contributed by atoms with Gasteiger partial charge in [0.05, 0.1) is 12.0 Å². The Morgan fingerprint density at radius 1 is 0.769 bits per heavy atom. The van der Waals surface area contributed by atoms with E-state index in [-0.39, 0.29) is 6.42 Å². The van der Waals surface area contributed by atoms with E-state index in [0.29, 0.717) is 16.7 Å². The van der Waals surface area contributed by atoms with Gasteiger partial charge in [-0.2, -0.15) is 13.2 Å². The van der Waals surface area contributed by atoms with Crippen molar-refractivity contribution in [3.63, 3.8) is 0 Å². The molecule has 0 heterocycles. The van der Waals surface area contributed by atoms with Gasteiger partial charge in [0.1, 0.15) is 0 Å². The number of carboxylic acid groups (broad SMARTS) is 1. The van der Waals surface area contributed by atoms with Gasteiger partial charge >= 0.3 is 12.1 Å². The van der Waals surface area contributed by atoms with Crippen molar-refractivity contribution < 1.29 is 23.1 Å². The highest BCUT2D eigenvalue weighted by Gasteiger charge is 2.30. The van der Waals surface area contributed by atoms with E-state index < -0.39 is 17.7 Å². The van der Waals surface area contributed by atoms with Crippen LogP contribution in [-0.2, 0) is 17.4 Å². The van der Waals surface area contributed by atoms with Crippen LogP contribution in [0, 0.1) is 0 Å². The Morgan fingerprint density at radius 2 is 1.31 bits per heavy atom. The lowest BCUT2D eigenvalue weighted by atomic mass is 9.94. The maximum Gasteiger partial charge on any atom is 0.416 e. The van der Waals surface area contributed by atoms with Gasteiger partial charge in [0.25, 0.3) is 0 Å². The normalized spacial score (nSPS) is 11.3. The van der Waals surface area contributed by atoms with E-state index in [2.05, 4.69) is 0 Å². The summed E-state index contributed by atoms with van der Waals surface area (Å²) in [5, 5.41) is 9.09. The van der Waals surface area contributed by atoms with Crippen LogP contribution in [0.1, 0.15) is 11.1 Å². The van der Waals surface area contributed by atoms with Crippen LogP contribution in [0.4, 0.5) is 13.2 Å². The molecule has 0 radical (unpaired) electrons. The molecule has 0 spiro atoms. The van der Waals surface area contributed by atoms with E-state index in [9.17, 15) is 18.0 Å². The van der Waals surface area contributed by atoms with E-state index in [0.717, 1.165) is 23.3 Å². The first-order chi connectivity index (χ1) is 12.3. The Morgan fingerprint density at radius 3 is 1.81 bits per heavy atom. The zero-order valence-electron chi connectivity index (χ0n) is 13.6. The van der Waals surface area contributed by atoms with Crippen LogP contribution in [0.5, 0.6) is 0 Å². The van der Waals surface area contributed by atoms with Gasteiger partial charge < -0.3 is 5.11 Å². The third-order valence-corrected chi connectivity index (χ3v) is 4.00. The second-order valence-corrected chi connectivity index (χ2v) is 5.93. The van der Waals surface area contributed by atoms with Crippen molar-refractivity contribution in [2.45, 2.75) is 12.6 Å². The smallest absolute Gasteiger partial charge is 0.416 e. The van der Waals surface area contributed by atoms with Gasteiger partial charge in [-0.05, 0) is 46.0 Å². The number of carboxylic acids is 1. The summed E-state index contributed by atoms with van der Waals surface area (Å²) in [7, 11) is 0. The predicted octanol–water partition coefficient (Wildman–Crippen LogP) is 5.67. The summed E-state index contributed by atoms with van der Waals surface area (Å²) in [6, 6.07) is 19.6. The largest absolute Gasteiger partial charge is 0.481 e. The second kappa shape index (κ2) is 7.04. The molecule has 0 saturated carbocycles. The fourth-order valence-corrected chi connectivity index (χ4v) is 2.78. The molecule has 5 heteroatoms. The highest BCUT2D eigenvalue weighted by Crippen LogP contribution is 2.33. The van der Waals surface area contributed by atoms with E-state index in [1.165, 1.54) is 12.1 Å². The van der Waals surface area contributed by atoms with Gasteiger partial charge in [0, 0.05) is 0 Å². The minimum atomic E-state index is -4.39. The molecule has 3 aromatic rings. The molecular weight excluding hydrogens is 341 g/mol. The summed E-state index contributed by atoms with van der Waals surface area (Å²) >= 11 is 0. The Labute approximate surface area is 148 Å². The van der Waals surface area contributed by atoms with Crippen LogP contribution >= 0.6 is 0 Å². The van der Waals surface area contributed by atoms with E-state index in [1.54, 1.807) is 12.1 Å². The molecule has 0 bridgehead atoms. The van der Waals surface area contributed by atoms with Gasteiger partial charge in [-0.15, -0.1) is 0 Å². The molecule has 0 unspecified atom stereocenters. The third kappa shape index (κ3) is 4.11. The molecule has 3 rings (SSSR count). The SMILES string of the molecule is O=C(O)Cc1cc(-c2ccccc2)cc(-c2ccc(C(F)(F)F)cc2)c1. The van der Waals surface area contributed by atoms with Crippen LogP contribution < -0.4 is 0 Å². The van der Waals surface area contributed by atoms with E-state index >= 15 is 0 Å². The third-order valence-electron chi connectivity index (χ3n) is 4.00.